The largest absolute Gasteiger partial charge is 0.507 e. The number of hydrogen-bond donors (Lipinski definition) is 4. The van der Waals surface area contributed by atoms with E-state index in [0.717, 1.165) is 74.7 Å². The molecule has 164 valence electrons. The van der Waals surface area contributed by atoms with E-state index >= 15 is 0 Å². The van der Waals surface area contributed by atoms with E-state index in [0.29, 0.717) is 11.5 Å². The maximum Gasteiger partial charge on any atom is 0.125 e. The van der Waals surface area contributed by atoms with Crippen LogP contribution >= 0.6 is 0 Å². The number of nitrogens with one attached hydrogen (secondary N) is 2. The first-order valence-corrected chi connectivity index (χ1v) is 10.8. The Morgan fingerprint density at radius 1 is 0.774 bits per heavy atom. The summed E-state index contributed by atoms with van der Waals surface area (Å²) in [6.45, 7) is 1.81. The van der Waals surface area contributed by atoms with Gasteiger partial charge in [-0.15, -0.1) is 0 Å². The minimum Gasteiger partial charge on any atom is -0.507 e. The lowest BCUT2D eigenvalue weighted by Gasteiger charge is -2.24. The van der Waals surface area contributed by atoms with Crippen LogP contribution in [0.1, 0.15) is 11.1 Å². The molecule has 4 aromatic rings. The molecule has 0 aliphatic heterocycles. The van der Waals surface area contributed by atoms with E-state index in [4.69, 9.17) is 0 Å². The van der Waals surface area contributed by atoms with Gasteiger partial charge in [0.25, 0.3) is 0 Å². The van der Waals surface area contributed by atoms with E-state index in [2.05, 4.69) is 50.1 Å². The van der Waals surface area contributed by atoms with Crippen LogP contribution in [0.2, 0.25) is 0 Å². The molecule has 4 N–H and O–H groups in total. The number of phenolic OH excluding ortho intramolecular Hbond substituents is 2. The number of aromatic hydroxyl groups is 2. The van der Waals surface area contributed by atoms with Crippen LogP contribution in [0.5, 0.6) is 11.5 Å². The molecule has 0 radical (unpaired) electrons. The zero-order chi connectivity index (χ0) is 22.3. The summed E-state index contributed by atoms with van der Waals surface area (Å²) < 4.78 is 0.834. The molecule has 4 rings (SSSR count). The Bertz CT molecular complexity index is 1230. The van der Waals surface area contributed by atoms with Crippen LogP contribution in [0.25, 0.3) is 33.2 Å². The molecule has 31 heavy (non-hydrogen) atoms. The van der Waals surface area contributed by atoms with Crippen molar-refractivity contribution in [2.75, 3.05) is 48.3 Å². The number of hydrogen-bond acceptors (Lipinski definition) is 3. The maximum absolute atomic E-state index is 10.7. The van der Waals surface area contributed by atoms with Gasteiger partial charge in [-0.3, -0.25) is 0 Å². The van der Waals surface area contributed by atoms with Gasteiger partial charge in [0.15, 0.2) is 0 Å². The predicted molar refractivity (Wildman–Crippen MR) is 128 cm³/mol. The number of quaternary nitrogens is 1. The van der Waals surface area contributed by atoms with Crippen LogP contribution < -0.4 is 0 Å². The van der Waals surface area contributed by atoms with Gasteiger partial charge in [-0.05, 0) is 55.9 Å². The molecule has 0 saturated carbocycles. The number of phenols is 2. The van der Waals surface area contributed by atoms with Crippen LogP contribution in [0, 0.1) is 0 Å². The Morgan fingerprint density at radius 2 is 1.26 bits per heavy atom. The molecule has 2 aromatic carbocycles. The first-order valence-electron chi connectivity index (χ1n) is 10.8. The molecular formula is C25H33N4O2+. The molecule has 0 spiro atoms. The molecular weight excluding hydrogens is 388 g/mol. The summed E-state index contributed by atoms with van der Waals surface area (Å²) in [4.78, 5) is 9.29. The monoisotopic (exact) mass is 421 g/mol. The number of fused-ring (bicyclic) bond motifs is 2. The zero-order valence-electron chi connectivity index (χ0n) is 19.1. The Kier molecular flexibility index (Phi) is 5.45. The summed E-state index contributed by atoms with van der Waals surface area (Å²) in [6, 6.07) is 11.2. The predicted octanol–water partition coefficient (Wildman–Crippen LogP) is 4.08. The lowest BCUT2D eigenvalue weighted by Crippen LogP contribution is -2.36. The minimum atomic E-state index is 0.292. The standard InChI is InChI=1S/C25H32N4O2/c1-28(2)14-12-16-22-18(8-6-10-20(22)30)26-24(16)25-17(13-15-29(3,4)5)23-19(27-25)9-7-11-21(23)31/h6-11,26-27H,12-15H2,1-5H3,(H-,30,31)/p+1. The molecule has 2 aromatic heterocycles. The summed E-state index contributed by atoms with van der Waals surface area (Å²) in [7, 11) is 10.7. The maximum atomic E-state index is 10.7. The van der Waals surface area contributed by atoms with Gasteiger partial charge in [-0.1, -0.05) is 12.1 Å². The second-order valence-corrected chi connectivity index (χ2v) is 9.67. The van der Waals surface area contributed by atoms with E-state index in [9.17, 15) is 10.2 Å². The number of nitrogens with zero attached hydrogens (tertiary/aromatic N) is 2. The highest BCUT2D eigenvalue weighted by Gasteiger charge is 2.23. The van der Waals surface area contributed by atoms with Crippen molar-refractivity contribution in [1.29, 1.82) is 0 Å². The Balaban J connectivity index is 1.97. The van der Waals surface area contributed by atoms with Gasteiger partial charge < -0.3 is 29.6 Å². The van der Waals surface area contributed by atoms with Crippen molar-refractivity contribution in [3.05, 3.63) is 47.5 Å². The molecule has 0 saturated heterocycles. The number of likely N-dealkylation sites (N-methyl/N-ethyl adjacent to an activating group) is 2. The third-order valence-electron chi connectivity index (χ3n) is 5.90. The minimum absolute atomic E-state index is 0.292. The summed E-state index contributed by atoms with van der Waals surface area (Å²) in [5, 5.41) is 23.1. The number of H-pyrrole nitrogens is 2. The van der Waals surface area contributed by atoms with Crippen molar-refractivity contribution in [3.8, 4) is 22.9 Å². The normalized spacial score (nSPS) is 12.5. The molecule has 6 heteroatoms. The van der Waals surface area contributed by atoms with Crippen molar-refractivity contribution < 1.29 is 14.7 Å². The molecule has 2 heterocycles. The van der Waals surface area contributed by atoms with Crippen molar-refractivity contribution >= 4 is 21.8 Å². The fourth-order valence-electron chi connectivity index (χ4n) is 4.30. The quantitative estimate of drug-likeness (QED) is 0.340. The Labute approximate surface area is 183 Å². The van der Waals surface area contributed by atoms with E-state index in [1.807, 2.05) is 24.3 Å². The van der Waals surface area contributed by atoms with Gasteiger partial charge in [-0.25, -0.2) is 0 Å². The van der Waals surface area contributed by atoms with Gasteiger partial charge in [0, 0.05) is 34.8 Å². The van der Waals surface area contributed by atoms with Crippen molar-refractivity contribution in [3.63, 3.8) is 0 Å². The highest BCUT2D eigenvalue weighted by molar-refractivity contribution is 5.99. The topological polar surface area (TPSA) is 75.3 Å². The van der Waals surface area contributed by atoms with Gasteiger partial charge in [-0.2, -0.15) is 0 Å². The Hall–Kier alpha value is -2.96. The number of rotatable bonds is 7. The van der Waals surface area contributed by atoms with Crippen molar-refractivity contribution in [1.82, 2.24) is 14.9 Å². The fourth-order valence-corrected chi connectivity index (χ4v) is 4.30. The number of aromatic nitrogens is 2. The SMILES string of the molecule is CN(C)CCc1c(-c2[nH]c3cccc(O)c3c2CC[N+](C)(C)C)[nH]c2cccc(O)c12. The third-order valence-corrected chi connectivity index (χ3v) is 5.90. The van der Waals surface area contributed by atoms with E-state index in [-0.39, 0.29) is 0 Å². The second kappa shape index (κ2) is 7.94. The molecule has 0 amide bonds. The average Bonchev–Trinajstić information content (AvgIpc) is 3.23. The number of aromatic amines is 2. The van der Waals surface area contributed by atoms with Gasteiger partial charge >= 0.3 is 0 Å². The molecule has 0 fully saturated rings. The third kappa shape index (κ3) is 4.13. The highest BCUT2D eigenvalue weighted by Crippen LogP contribution is 2.41. The van der Waals surface area contributed by atoms with Gasteiger partial charge in [0.2, 0.25) is 0 Å². The average molecular weight is 422 g/mol. The highest BCUT2D eigenvalue weighted by atomic mass is 16.3. The lowest BCUT2D eigenvalue weighted by atomic mass is 10.00. The summed E-state index contributed by atoms with van der Waals surface area (Å²) in [6.07, 6.45) is 1.63. The first-order chi connectivity index (χ1) is 14.7. The van der Waals surface area contributed by atoms with Crippen LogP contribution in [0.3, 0.4) is 0 Å². The van der Waals surface area contributed by atoms with Crippen molar-refractivity contribution in [2.24, 2.45) is 0 Å². The summed E-state index contributed by atoms with van der Waals surface area (Å²) >= 11 is 0. The van der Waals surface area contributed by atoms with Gasteiger partial charge in [0.05, 0.1) is 39.1 Å². The molecule has 0 atom stereocenters. The lowest BCUT2D eigenvalue weighted by molar-refractivity contribution is -0.870. The van der Waals surface area contributed by atoms with Crippen LogP contribution in [0.15, 0.2) is 36.4 Å². The Morgan fingerprint density at radius 3 is 1.71 bits per heavy atom. The summed E-state index contributed by atoms with van der Waals surface area (Å²) in [5.74, 6) is 0.589. The van der Waals surface area contributed by atoms with Crippen molar-refractivity contribution in [2.45, 2.75) is 12.8 Å². The second-order valence-electron chi connectivity index (χ2n) is 9.67. The van der Waals surface area contributed by atoms with E-state index in [1.54, 1.807) is 12.1 Å². The van der Waals surface area contributed by atoms with Crippen LogP contribution in [-0.4, -0.2) is 77.9 Å². The van der Waals surface area contributed by atoms with Gasteiger partial charge in [0.1, 0.15) is 11.5 Å². The van der Waals surface area contributed by atoms with Crippen LogP contribution in [-0.2, 0) is 12.8 Å². The molecule has 6 nitrogen and oxygen atoms in total. The fraction of sp³-hybridized carbons (Fsp3) is 0.360. The number of benzene rings is 2. The zero-order valence-corrected chi connectivity index (χ0v) is 19.1. The molecule has 0 aliphatic carbocycles. The molecule has 0 unspecified atom stereocenters. The van der Waals surface area contributed by atoms with Crippen LogP contribution in [0.4, 0.5) is 0 Å². The molecule has 0 aliphatic rings. The summed E-state index contributed by atoms with van der Waals surface area (Å²) in [5.41, 5.74) is 6.04. The first kappa shape index (κ1) is 21.3. The van der Waals surface area contributed by atoms with E-state index in [1.165, 1.54) is 0 Å². The smallest absolute Gasteiger partial charge is 0.125 e. The van der Waals surface area contributed by atoms with E-state index < -0.39 is 0 Å². The molecule has 0 bridgehead atoms.